The highest BCUT2D eigenvalue weighted by molar-refractivity contribution is 7.89. The summed E-state index contributed by atoms with van der Waals surface area (Å²) in [6.45, 7) is 0.395. The lowest BCUT2D eigenvalue weighted by Crippen LogP contribution is -2.27. The van der Waals surface area contributed by atoms with E-state index in [9.17, 15) is 17.6 Å². The maximum Gasteiger partial charge on any atom is 0.280 e. The molecule has 1 fully saturated rings. The van der Waals surface area contributed by atoms with Crippen LogP contribution >= 0.6 is 11.3 Å². The number of benzene rings is 1. The zero-order valence-electron chi connectivity index (χ0n) is 15.6. The first-order valence-corrected chi connectivity index (χ1v) is 11.1. The number of aliphatic hydroxyl groups is 1. The summed E-state index contributed by atoms with van der Waals surface area (Å²) in [6, 6.07) is 5.37. The lowest BCUT2D eigenvalue weighted by molar-refractivity contribution is -0.110. The van der Waals surface area contributed by atoms with Gasteiger partial charge in [-0.05, 0) is 12.1 Å². The molecule has 2 heterocycles. The van der Waals surface area contributed by atoms with Crippen molar-refractivity contribution in [2.24, 2.45) is 5.16 Å². The third kappa shape index (κ3) is 5.79. The molecule has 1 atom stereocenters. The van der Waals surface area contributed by atoms with Crippen LogP contribution in [0.4, 0.5) is 9.52 Å². The Morgan fingerprint density at radius 1 is 1.40 bits per heavy atom. The molecule has 0 unspecified atom stereocenters. The van der Waals surface area contributed by atoms with Crippen molar-refractivity contribution in [3.8, 4) is 0 Å². The lowest BCUT2D eigenvalue weighted by atomic mass is 10.1. The first-order chi connectivity index (χ1) is 14.4. The van der Waals surface area contributed by atoms with Crippen molar-refractivity contribution in [3.05, 3.63) is 41.2 Å². The number of sulfonamides is 1. The number of amides is 1. The van der Waals surface area contributed by atoms with Crippen molar-refractivity contribution in [3.63, 3.8) is 0 Å². The first-order valence-electron chi connectivity index (χ1n) is 8.84. The number of hydrogen-bond acceptors (Lipinski definition) is 9. The Morgan fingerprint density at radius 2 is 2.17 bits per heavy atom. The number of aliphatic hydroxyl groups excluding tert-OH is 1. The predicted molar refractivity (Wildman–Crippen MR) is 106 cm³/mol. The van der Waals surface area contributed by atoms with Gasteiger partial charge in [-0.3, -0.25) is 10.1 Å². The van der Waals surface area contributed by atoms with Gasteiger partial charge in [0.15, 0.2) is 22.1 Å². The van der Waals surface area contributed by atoms with E-state index in [1.165, 1.54) is 24.3 Å². The Labute approximate surface area is 175 Å². The molecule has 0 bridgehead atoms. The standard InChI is InChI=1S/C17H19FN4O6S2/c18-14-9-19-17(29-14)21-16(24)15(22-28-12-5-8-27-10-12)11-1-3-13(4-2-11)30(25,26)20-6-7-23/h1-4,9,12,20,23H,5-8,10H2,(H,19,21,24)/b22-15+/t12-/m1/s1. The van der Waals surface area contributed by atoms with Gasteiger partial charge < -0.3 is 14.7 Å². The Bertz CT molecular complexity index is 1000. The summed E-state index contributed by atoms with van der Waals surface area (Å²) in [7, 11) is -3.80. The molecule has 1 saturated heterocycles. The quantitative estimate of drug-likeness (QED) is 0.371. The van der Waals surface area contributed by atoms with E-state index in [4.69, 9.17) is 14.7 Å². The molecular formula is C17H19FN4O6S2. The molecule has 2 aromatic rings. The average Bonchev–Trinajstić information content (AvgIpc) is 3.39. The molecule has 1 aliphatic heterocycles. The Kier molecular flexibility index (Phi) is 7.44. The molecule has 0 spiro atoms. The molecule has 0 saturated carbocycles. The van der Waals surface area contributed by atoms with Gasteiger partial charge in [-0.15, -0.1) is 0 Å². The number of carbonyl (C=O) groups excluding carboxylic acids is 1. The zero-order chi connectivity index (χ0) is 21.6. The van der Waals surface area contributed by atoms with Gasteiger partial charge >= 0.3 is 0 Å². The maximum absolute atomic E-state index is 13.2. The van der Waals surface area contributed by atoms with Gasteiger partial charge in [-0.1, -0.05) is 28.6 Å². The molecule has 1 amide bonds. The third-order valence-corrected chi connectivity index (χ3v) is 6.11. The molecule has 13 heteroatoms. The van der Waals surface area contributed by atoms with E-state index in [-0.39, 0.29) is 40.6 Å². The number of thiazole rings is 1. The number of nitrogens with one attached hydrogen (secondary N) is 2. The molecule has 1 aliphatic rings. The summed E-state index contributed by atoms with van der Waals surface area (Å²) in [6.07, 6.45) is 1.28. The fourth-order valence-electron chi connectivity index (χ4n) is 2.47. The molecular weight excluding hydrogens is 439 g/mol. The van der Waals surface area contributed by atoms with Gasteiger partial charge in [0.1, 0.15) is 0 Å². The van der Waals surface area contributed by atoms with Gasteiger partial charge in [-0.2, -0.15) is 4.39 Å². The second kappa shape index (κ2) is 10.0. The monoisotopic (exact) mass is 458 g/mol. The lowest BCUT2D eigenvalue weighted by Gasteiger charge is -2.10. The highest BCUT2D eigenvalue weighted by atomic mass is 32.2. The van der Waals surface area contributed by atoms with Gasteiger partial charge in [-0.25, -0.2) is 18.1 Å². The van der Waals surface area contributed by atoms with Crippen LogP contribution in [0.15, 0.2) is 40.5 Å². The molecule has 1 aromatic heterocycles. The molecule has 30 heavy (non-hydrogen) atoms. The van der Waals surface area contributed by atoms with Crippen LogP contribution in [0.5, 0.6) is 0 Å². The molecule has 0 radical (unpaired) electrons. The number of anilines is 1. The van der Waals surface area contributed by atoms with Crippen molar-refractivity contribution >= 4 is 38.1 Å². The number of hydrogen-bond donors (Lipinski definition) is 3. The van der Waals surface area contributed by atoms with Crippen LogP contribution in [0.3, 0.4) is 0 Å². The molecule has 10 nitrogen and oxygen atoms in total. The second-order valence-corrected chi connectivity index (χ2v) is 8.85. The Morgan fingerprint density at radius 3 is 2.77 bits per heavy atom. The van der Waals surface area contributed by atoms with E-state index in [2.05, 4.69) is 20.2 Å². The minimum atomic E-state index is -3.80. The zero-order valence-corrected chi connectivity index (χ0v) is 17.2. The Hall–Kier alpha value is -2.45. The Balaban J connectivity index is 1.83. The SMILES string of the molecule is O=C(Nc1ncc(F)s1)/C(=N/O[C@@H]1CCOC1)c1ccc(S(=O)(=O)NCCO)cc1. The number of nitrogens with zero attached hydrogens (tertiary/aromatic N) is 2. The van der Waals surface area contributed by atoms with Gasteiger partial charge in [0.25, 0.3) is 5.91 Å². The molecule has 3 N–H and O–H groups in total. The molecule has 3 rings (SSSR count). The van der Waals surface area contributed by atoms with Crippen LogP contribution < -0.4 is 10.0 Å². The highest BCUT2D eigenvalue weighted by Crippen LogP contribution is 2.18. The maximum atomic E-state index is 13.2. The predicted octanol–water partition coefficient (Wildman–Crippen LogP) is 0.701. The number of carbonyl (C=O) groups is 1. The van der Waals surface area contributed by atoms with E-state index in [1.807, 2.05) is 0 Å². The summed E-state index contributed by atoms with van der Waals surface area (Å²) >= 11 is 0.652. The average molecular weight is 458 g/mol. The summed E-state index contributed by atoms with van der Waals surface area (Å²) in [4.78, 5) is 21.8. The van der Waals surface area contributed by atoms with Crippen LogP contribution in [0, 0.1) is 5.13 Å². The largest absolute Gasteiger partial charge is 0.395 e. The number of oxime groups is 1. The molecule has 0 aliphatic carbocycles. The highest BCUT2D eigenvalue weighted by Gasteiger charge is 2.22. The van der Waals surface area contributed by atoms with Crippen LogP contribution in [-0.4, -0.2) is 62.6 Å². The van der Waals surface area contributed by atoms with E-state index < -0.39 is 21.1 Å². The summed E-state index contributed by atoms with van der Waals surface area (Å²) in [5.41, 5.74) is 0.148. The van der Waals surface area contributed by atoms with Crippen LogP contribution in [0.2, 0.25) is 0 Å². The van der Waals surface area contributed by atoms with Crippen molar-refractivity contribution in [2.45, 2.75) is 17.4 Å². The van der Waals surface area contributed by atoms with Crippen LogP contribution in [0.25, 0.3) is 0 Å². The van der Waals surface area contributed by atoms with Crippen molar-refractivity contribution in [1.29, 1.82) is 0 Å². The number of aromatic nitrogens is 1. The first kappa shape index (κ1) is 22.2. The number of rotatable bonds is 9. The van der Waals surface area contributed by atoms with Crippen molar-refractivity contribution in [2.75, 3.05) is 31.7 Å². The van der Waals surface area contributed by atoms with Crippen molar-refractivity contribution < 1.29 is 32.3 Å². The van der Waals surface area contributed by atoms with E-state index >= 15 is 0 Å². The smallest absolute Gasteiger partial charge is 0.280 e. The van der Waals surface area contributed by atoms with E-state index in [1.54, 1.807) is 0 Å². The minimum absolute atomic E-state index is 0.0433. The number of halogens is 1. The second-order valence-electron chi connectivity index (χ2n) is 6.10. The van der Waals surface area contributed by atoms with E-state index in [0.717, 1.165) is 6.20 Å². The number of ether oxygens (including phenoxy) is 1. The van der Waals surface area contributed by atoms with Gasteiger partial charge in [0.2, 0.25) is 10.0 Å². The van der Waals surface area contributed by atoms with Crippen molar-refractivity contribution in [1.82, 2.24) is 9.71 Å². The molecule has 162 valence electrons. The van der Waals surface area contributed by atoms with Crippen LogP contribution in [0.1, 0.15) is 12.0 Å². The fraction of sp³-hybridized carbons (Fsp3) is 0.353. The summed E-state index contributed by atoms with van der Waals surface area (Å²) < 4.78 is 44.9. The third-order valence-electron chi connectivity index (χ3n) is 3.94. The van der Waals surface area contributed by atoms with Gasteiger partial charge in [0.05, 0.1) is 30.9 Å². The normalized spacial score (nSPS) is 17.1. The summed E-state index contributed by atoms with van der Waals surface area (Å²) in [5.74, 6) is -0.697. The fourth-order valence-corrected chi connectivity index (χ4v) is 4.03. The van der Waals surface area contributed by atoms with Crippen LogP contribution in [-0.2, 0) is 24.4 Å². The summed E-state index contributed by atoms with van der Waals surface area (Å²) in [5, 5.41) is 14.6. The van der Waals surface area contributed by atoms with Gasteiger partial charge in [0, 0.05) is 18.5 Å². The topological polar surface area (TPSA) is 139 Å². The minimum Gasteiger partial charge on any atom is -0.395 e. The van der Waals surface area contributed by atoms with E-state index in [0.29, 0.717) is 31.0 Å². The molecule has 1 aromatic carbocycles.